The van der Waals surface area contributed by atoms with Crippen LogP contribution in [-0.2, 0) is 26.2 Å². The highest BCUT2D eigenvalue weighted by atomic mass is 35.5. The Balaban J connectivity index is 2.43. The molecule has 198 valence electrons. The maximum Gasteiger partial charge on any atom is 0.244 e. The maximum atomic E-state index is 13.6. The molecule has 0 aliphatic carbocycles. The Kier molecular flexibility index (Phi) is 10.7. The lowest BCUT2D eigenvalue weighted by atomic mass is 10.1. The number of amides is 2. The van der Waals surface area contributed by atoms with Crippen molar-refractivity contribution in [3.05, 3.63) is 57.0 Å². The predicted octanol–water partition coefficient (Wildman–Crippen LogP) is 4.61. The lowest BCUT2D eigenvalue weighted by Gasteiger charge is -2.32. The van der Waals surface area contributed by atoms with Crippen molar-refractivity contribution in [2.24, 2.45) is 5.92 Å². The molecule has 0 aliphatic rings. The van der Waals surface area contributed by atoms with E-state index in [1.54, 1.807) is 38.3 Å². The minimum absolute atomic E-state index is 0.00299. The molecule has 0 aromatic heterocycles. The number of carbonyl (C=O) groups is 2. The number of anilines is 1. The van der Waals surface area contributed by atoms with Gasteiger partial charge >= 0.3 is 0 Å². The van der Waals surface area contributed by atoms with E-state index in [0.29, 0.717) is 12.3 Å². The van der Waals surface area contributed by atoms with Crippen LogP contribution in [0.5, 0.6) is 5.75 Å². The minimum Gasteiger partial charge on any atom is -0.497 e. The molecule has 0 saturated heterocycles. The van der Waals surface area contributed by atoms with E-state index in [-0.39, 0.29) is 39.1 Å². The van der Waals surface area contributed by atoms with Crippen LogP contribution in [0.25, 0.3) is 0 Å². The van der Waals surface area contributed by atoms with Crippen LogP contribution in [0.3, 0.4) is 0 Å². The topological polar surface area (TPSA) is 96.0 Å². The van der Waals surface area contributed by atoms with Crippen LogP contribution in [0.15, 0.2) is 36.4 Å². The second-order valence-electron chi connectivity index (χ2n) is 8.67. The van der Waals surface area contributed by atoms with Gasteiger partial charge in [0.15, 0.2) is 0 Å². The number of ether oxygens (including phenoxy) is 1. The average molecular weight is 579 g/mol. The Bertz CT molecular complexity index is 1190. The van der Waals surface area contributed by atoms with E-state index in [4.69, 9.17) is 39.5 Å². The summed E-state index contributed by atoms with van der Waals surface area (Å²) in [5.74, 6) is -0.115. The molecule has 2 aromatic carbocycles. The number of nitrogens with zero attached hydrogens (tertiary/aromatic N) is 2. The molecule has 12 heteroatoms. The lowest BCUT2D eigenvalue weighted by molar-refractivity contribution is -0.139. The summed E-state index contributed by atoms with van der Waals surface area (Å²) in [5, 5.41) is 3.05. The van der Waals surface area contributed by atoms with Crippen LogP contribution < -0.4 is 14.4 Å². The fourth-order valence-electron chi connectivity index (χ4n) is 3.26. The second-order valence-corrected chi connectivity index (χ2v) is 11.8. The number of methoxy groups -OCH3 is 1. The highest BCUT2D eigenvalue weighted by Crippen LogP contribution is 2.35. The molecule has 0 heterocycles. The molecule has 2 amide bonds. The van der Waals surface area contributed by atoms with Gasteiger partial charge in [-0.05, 0) is 42.7 Å². The van der Waals surface area contributed by atoms with Gasteiger partial charge in [-0.1, -0.05) is 60.8 Å². The standard InChI is InChI=1S/C24H30Cl3N3O5S/c1-15(2)12-28-24(32)16(3)29(13-17-6-8-18(35-4)9-7-17)23(31)14-30(36(5,33)34)22-11-20(26)19(25)10-21(22)27/h6-11,15-16H,12-14H2,1-5H3,(H,28,32)/t16-/m1/s1. The van der Waals surface area contributed by atoms with Crippen molar-refractivity contribution in [3.8, 4) is 5.75 Å². The van der Waals surface area contributed by atoms with E-state index in [1.165, 1.54) is 17.0 Å². The SMILES string of the molecule is COc1ccc(CN(C(=O)CN(c2cc(Cl)c(Cl)cc2Cl)S(C)(=O)=O)[C@H](C)C(=O)NCC(C)C)cc1. The van der Waals surface area contributed by atoms with Gasteiger partial charge in [0.25, 0.3) is 0 Å². The number of nitrogens with one attached hydrogen (secondary N) is 1. The number of rotatable bonds is 11. The zero-order valence-corrected chi connectivity index (χ0v) is 23.8. The van der Waals surface area contributed by atoms with Crippen molar-refractivity contribution in [1.29, 1.82) is 0 Å². The summed E-state index contributed by atoms with van der Waals surface area (Å²) in [6.45, 7) is 5.39. The molecule has 0 unspecified atom stereocenters. The van der Waals surface area contributed by atoms with Crippen LogP contribution >= 0.6 is 34.8 Å². The van der Waals surface area contributed by atoms with E-state index in [9.17, 15) is 18.0 Å². The predicted molar refractivity (Wildman–Crippen MR) is 145 cm³/mol. The molecule has 2 rings (SSSR count). The Labute approximate surface area is 227 Å². The van der Waals surface area contributed by atoms with Gasteiger partial charge in [-0.25, -0.2) is 8.42 Å². The number of hydrogen-bond donors (Lipinski definition) is 1. The highest BCUT2D eigenvalue weighted by Gasteiger charge is 2.31. The molecule has 0 aliphatic heterocycles. The molecule has 0 saturated carbocycles. The third-order valence-corrected chi connectivity index (χ3v) is 7.45. The number of sulfonamides is 1. The van der Waals surface area contributed by atoms with E-state index in [2.05, 4.69) is 5.32 Å². The normalized spacial score (nSPS) is 12.2. The second kappa shape index (κ2) is 12.9. The molecule has 0 bridgehead atoms. The Morgan fingerprint density at radius 1 is 1.00 bits per heavy atom. The van der Waals surface area contributed by atoms with Crippen LogP contribution in [0.2, 0.25) is 15.1 Å². The number of hydrogen-bond acceptors (Lipinski definition) is 5. The first-order chi connectivity index (χ1) is 16.7. The summed E-state index contributed by atoms with van der Waals surface area (Å²) < 4.78 is 31.4. The molecule has 0 radical (unpaired) electrons. The number of carbonyl (C=O) groups excluding carboxylic acids is 2. The first-order valence-corrected chi connectivity index (χ1v) is 14.0. The van der Waals surface area contributed by atoms with Gasteiger partial charge in [-0.2, -0.15) is 0 Å². The smallest absolute Gasteiger partial charge is 0.244 e. The monoisotopic (exact) mass is 577 g/mol. The molecule has 36 heavy (non-hydrogen) atoms. The zero-order chi connectivity index (χ0) is 27.2. The van der Waals surface area contributed by atoms with Gasteiger partial charge in [0, 0.05) is 13.1 Å². The molecule has 8 nitrogen and oxygen atoms in total. The van der Waals surface area contributed by atoms with Crippen molar-refractivity contribution in [3.63, 3.8) is 0 Å². The molecule has 2 aromatic rings. The van der Waals surface area contributed by atoms with Crippen LogP contribution in [-0.4, -0.2) is 57.6 Å². The van der Waals surface area contributed by atoms with E-state index in [0.717, 1.165) is 16.1 Å². The van der Waals surface area contributed by atoms with Crippen molar-refractivity contribution in [1.82, 2.24) is 10.2 Å². The van der Waals surface area contributed by atoms with E-state index >= 15 is 0 Å². The first-order valence-electron chi connectivity index (χ1n) is 11.1. The van der Waals surface area contributed by atoms with E-state index in [1.807, 2.05) is 13.8 Å². The number of halogens is 3. The molecular weight excluding hydrogens is 549 g/mol. The molecule has 1 N–H and O–H groups in total. The quantitative estimate of drug-likeness (QED) is 0.393. The van der Waals surface area contributed by atoms with E-state index < -0.39 is 28.5 Å². The minimum atomic E-state index is -3.97. The van der Waals surface area contributed by atoms with Gasteiger partial charge in [0.2, 0.25) is 21.8 Å². The summed E-state index contributed by atoms with van der Waals surface area (Å²) in [7, 11) is -2.42. The zero-order valence-electron chi connectivity index (χ0n) is 20.7. The summed E-state index contributed by atoms with van der Waals surface area (Å²) in [4.78, 5) is 27.7. The maximum absolute atomic E-state index is 13.6. The summed E-state index contributed by atoms with van der Waals surface area (Å²) in [6.07, 6.45) is 0.950. The Morgan fingerprint density at radius 3 is 2.11 bits per heavy atom. The van der Waals surface area contributed by atoms with Gasteiger partial charge < -0.3 is 15.0 Å². The molecule has 0 spiro atoms. The van der Waals surface area contributed by atoms with Gasteiger partial charge in [0.1, 0.15) is 18.3 Å². The first kappa shape index (κ1) is 30.0. The van der Waals surface area contributed by atoms with Crippen molar-refractivity contribution in [2.45, 2.75) is 33.4 Å². The summed E-state index contributed by atoms with van der Waals surface area (Å²) in [6, 6.07) is 8.71. The molecule has 1 atom stereocenters. The van der Waals surface area contributed by atoms with Crippen LogP contribution in [0.1, 0.15) is 26.3 Å². The van der Waals surface area contributed by atoms with Gasteiger partial charge in [0.05, 0.1) is 34.1 Å². The fourth-order valence-corrected chi connectivity index (χ4v) is 4.81. The Morgan fingerprint density at radius 2 is 1.58 bits per heavy atom. The van der Waals surface area contributed by atoms with Gasteiger partial charge in [-0.3, -0.25) is 13.9 Å². The summed E-state index contributed by atoms with van der Waals surface area (Å²) in [5.41, 5.74) is 0.731. The fraction of sp³-hybridized carbons (Fsp3) is 0.417. The molecular formula is C24H30Cl3N3O5S. The highest BCUT2D eigenvalue weighted by molar-refractivity contribution is 7.92. The largest absolute Gasteiger partial charge is 0.497 e. The number of benzene rings is 2. The average Bonchev–Trinajstić information content (AvgIpc) is 2.81. The van der Waals surface area contributed by atoms with Crippen LogP contribution in [0, 0.1) is 5.92 Å². The molecule has 0 fully saturated rings. The van der Waals surface area contributed by atoms with Crippen LogP contribution in [0.4, 0.5) is 5.69 Å². The third kappa shape index (κ3) is 8.16. The summed E-state index contributed by atoms with van der Waals surface area (Å²) >= 11 is 18.3. The van der Waals surface area contributed by atoms with Gasteiger partial charge in [-0.15, -0.1) is 0 Å². The van der Waals surface area contributed by atoms with Crippen molar-refractivity contribution in [2.75, 3.05) is 30.8 Å². The lowest BCUT2D eigenvalue weighted by Crippen LogP contribution is -2.51. The third-order valence-electron chi connectivity index (χ3n) is 5.30. The van der Waals surface area contributed by atoms with Crippen molar-refractivity contribution >= 4 is 62.3 Å². The Hall–Kier alpha value is -2.20. The van der Waals surface area contributed by atoms with Crippen molar-refractivity contribution < 1.29 is 22.7 Å².